The maximum absolute atomic E-state index is 6.06. The quantitative estimate of drug-likeness (QED) is 0.879. The average Bonchev–Trinajstić information content (AvgIpc) is 2.76. The summed E-state index contributed by atoms with van der Waals surface area (Å²) in [6, 6.07) is 0. The smallest absolute Gasteiger partial charge is 0.0933 e. The van der Waals surface area contributed by atoms with Crippen molar-refractivity contribution in [2.75, 3.05) is 32.8 Å². The fourth-order valence-corrected chi connectivity index (χ4v) is 3.61. The Morgan fingerprint density at radius 1 is 1.61 bits per heavy atom. The van der Waals surface area contributed by atoms with Crippen LogP contribution in [0.5, 0.6) is 0 Å². The van der Waals surface area contributed by atoms with E-state index >= 15 is 0 Å². The molecule has 18 heavy (non-hydrogen) atoms. The average molecular weight is 267 g/mol. The number of piperidine rings is 1. The number of nitrogens with one attached hydrogen (secondary N) is 1. The molecule has 0 aliphatic carbocycles. The summed E-state index contributed by atoms with van der Waals surface area (Å²) in [5, 5.41) is 6.81. The van der Waals surface area contributed by atoms with Crippen molar-refractivity contribution in [3.05, 3.63) is 16.1 Å². The van der Waals surface area contributed by atoms with Gasteiger partial charge in [-0.2, -0.15) is 0 Å². The Labute approximate surface area is 112 Å². The highest BCUT2D eigenvalue weighted by molar-refractivity contribution is 7.09. The van der Waals surface area contributed by atoms with Crippen LogP contribution in [0, 0.1) is 6.92 Å². The number of hydrogen-bond acceptors (Lipinski definition) is 5. The largest absolute Gasteiger partial charge is 0.371 e. The van der Waals surface area contributed by atoms with E-state index in [9.17, 15) is 0 Å². The predicted octanol–water partition coefficient (Wildman–Crippen LogP) is 1.41. The molecular formula is C13H21N3OS. The first-order valence-electron chi connectivity index (χ1n) is 6.74. The topological polar surface area (TPSA) is 37.4 Å². The molecule has 3 heterocycles. The van der Waals surface area contributed by atoms with E-state index in [-0.39, 0.29) is 5.60 Å². The molecule has 2 aliphatic heterocycles. The van der Waals surface area contributed by atoms with E-state index in [1.165, 1.54) is 25.1 Å². The van der Waals surface area contributed by atoms with Gasteiger partial charge >= 0.3 is 0 Å². The molecule has 1 aromatic heterocycles. The van der Waals surface area contributed by atoms with Crippen LogP contribution in [0.1, 0.15) is 23.5 Å². The van der Waals surface area contributed by atoms with Gasteiger partial charge in [0.1, 0.15) is 0 Å². The Morgan fingerprint density at radius 2 is 2.56 bits per heavy atom. The fraction of sp³-hybridized carbons (Fsp3) is 0.769. The lowest BCUT2D eigenvalue weighted by Gasteiger charge is -2.44. The number of thiazole rings is 1. The SMILES string of the molecule is Cc1nc(CN2CCC[C@]3(CNCCO3)C2)cs1. The molecule has 0 saturated carbocycles. The molecule has 2 saturated heterocycles. The second-order valence-corrected chi connectivity index (χ2v) is 6.44. The Balaban J connectivity index is 1.63. The summed E-state index contributed by atoms with van der Waals surface area (Å²) < 4.78 is 6.06. The number of aromatic nitrogens is 1. The first-order valence-corrected chi connectivity index (χ1v) is 7.62. The number of nitrogens with zero attached hydrogens (tertiary/aromatic N) is 2. The maximum atomic E-state index is 6.06. The molecule has 1 aromatic rings. The van der Waals surface area contributed by atoms with Crippen LogP contribution in [0.25, 0.3) is 0 Å². The van der Waals surface area contributed by atoms with Gasteiger partial charge in [-0.3, -0.25) is 4.90 Å². The van der Waals surface area contributed by atoms with Crippen molar-refractivity contribution in [3.8, 4) is 0 Å². The van der Waals surface area contributed by atoms with Gasteiger partial charge in [0, 0.05) is 31.6 Å². The molecule has 0 bridgehead atoms. The Bertz CT molecular complexity index is 395. The number of ether oxygens (including phenoxy) is 1. The van der Waals surface area contributed by atoms with Crippen LogP contribution in [-0.4, -0.2) is 48.3 Å². The Morgan fingerprint density at radius 3 is 3.28 bits per heavy atom. The monoisotopic (exact) mass is 267 g/mol. The van der Waals surface area contributed by atoms with Crippen LogP contribution in [-0.2, 0) is 11.3 Å². The lowest BCUT2D eigenvalue weighted by Crippen LogP contribution is -2.58. The van der Waals surface area contributed by atoms with Gasteiger partial charge in [0.2, 0.25) is 0 Å². The molecule has 4 nitrogen and oxygen atoms in total. The van der Waals surface area contributed by atoms with Crippen LogP contribution in [0.15, 0.2) is 5.38 Å². The van der Waals surface area contributed by atoms with Crippen LogP contribution < -0.4 is 5.32 Å². The Hall–Kier alpha value is -0.490. The second-order valence-electron chi connectivity index (χ2n) is 5.38. The van der Waals surface area contributed by atoms with Crippen LogP contribution >= 0.6 is 11.3 Å². The zero-order valence-corrected chi connectivity index (χ0v) is 11.8. The lowest BCUT2D eigenvalue weighted by molar-refractivity contribution is -0.107. The summed E-state index contributed by atoms with van der Waals surface area (Å²) >= 11 is 1.74. The molecule has 3 rings (SSSR count). The van der Waals surface area contributed by atoms with Gasteiger partial charge in [0.05, 0.1) is 22.9 Å². The molecule has 2 aliphatic rings. The summed E-state index contributed by atoms with van der Waals surface area (Å²) in [6.45, 7) is 8.09. The molecule has 1 N–H and O–H groups in total. The highest BCUT2D eigenvalue weighted by atomic mass is 32.1. The normalized spacial score (nSPS) is 29.8. The third kappa shape index (κ3) is 2.74. The van der Waals surface area contributed by atoms with Crippen molar-refractivity contribution < 1.29 is 4.74 Å². The van der Waals surface area contributed by atoms with Gasteiger partial charge in [-0.1, -0.05) is 0 Å². The minimum Gasteiger partial charge on any atom is -0.371 e. The molecule has 0 unspecified atom stereocenters. The van der Waals surface area contributed by atoms with Crippen molar-refractivity contribution >= 4 is 11.3 Å². The Kier molecular flexibility index (Phi) is 3.66. The highest BCUT2D eigenvalue weighted by Crippen LogP contribution is 2.27. The van der Waals surface area contributed by atoms with E-state index in [2.05, 4.69) is 27.5 Å². The van der Waals surface area contributed by atoms with E-state index in [1.54, 1.807) is 11.3 Å². The van der Waals surface area contributed by atoms with Gasteiger partial charge in [0.25, 0.3) is 0 Å². The molecule has 100 valence electrons. The summed E-state index contributed by atoms with van der Waals surface area (Å²) in [5.41, 5.74) is 1.26. The molecule has 1 spiro atoms. The zero-order valence-electron chi connectivity index (χ0n) is 10.9. The van der Waals surface area contributed by atoms with Crippen molar-refractivity contribution in [3.63, 3.8) is 0 Å². The molecule has 0 amide bonds. The molecule has 2 fully saturated rings. The van der Waals surface area contributed by atoms with Crippen molar-refractivity contribution in [1.82, 2.24) is 15.2 Å². The molecule has 0 radical (unpaired) electrons. The summed E-state index contributed by atoms with van der Waals surface area (Å²) in [6.07, 6.45) is 2.41. The predicted molar refractivity (Wildman–Crippen MR) is 72.9 cm³/mol. The number of likely N-dealkylation sites (tertiary alicyclic amines) is 1. The van der Waals surface area contributed by atoms with Gasteiger partial charge in [-0.05, 0) is 26.3 Å². The number of hydrogen-bond donors (Lipinski definition) is 1. The highest BCUT2D eigenvalue weighted by Gasteiger charge is 2.37. The third-order valence-corrected chi connectivity index (χ3v) is 4.63. The molecular weight excluding hydrogens is 246 g/mol. The van der Waals surface area contributed by atoms with E-state index in [0.717, 1.165) is 37.8 Å². The van der Waals surface area contributed by atoms with Crippen molar-refractivity contribution in [2.45, 2.75) is 31.9 Å². The van der Waals surface area contributed by atoms with Gasteiger partial charge in [-0.15, -0.1) is 11.3 Å². The number of rotatable bonds is 2. The summed E-state index contributed by atoms with van der Waals surface area (Å²) in [7, 11) is 0. The van der Waals surface area contributed by atoms with E-state index in [1.807, 2.05) is 0 Å². The lowest BCUT2D eigenvalue weighted by atomic mass is 9.91. The van der Waals surface area contributed by atoms with Gasteiger partial charge in [0.15, 0.2) is 0 Å². The molecule has 5 heteroatoms. The minimum absolute atomic E-state index is 0.0571. The first kappa shape index (κ1) is 12.5. The first-order chi connectivity index (χ1) is 8.76. The number of morpholine rings is 1. The van der Waals surface area contributed by atoms with E-state index in [0.29, 0.717) is 0 Å². The standard InChI is InChI=1S/C13H21N3OS/c1-11-15-12(8-18-11)7-16-5-2-3-13(10-16)9-14-4-6-17-13/h8,14H,2-7,9-10H2,1H3/t13-/m0/s1. The van der Waals surface area contributed by atoms with Crippen molar-refractivity contribution in [1.29, 1.82) is 0 Å². The molecule has 1 atom stereocenters. The maximum Gasteiger partial charge on any atom is 0.0933 e. The van der Waals surface area contributed by atoms with Gasteiger partial charge in [-0.25, -0.2) is 4.98 Å². The van der Waals surface area contributed by atoms with Crippen LogP contribution in [0.2, 0.25) is 0 Å². The van der Waals surface area contributed by atoms with E-state index in [4.69, 9.17) is 4.74 Å². The summed E-state index contributed by atoms with van der Waals surface area (Å²) in [5.74, 6) is 0. The van der Waals surface area contributed by atoms with Gasteiger partial charge < -0.3 is 10.1 Å². The molecule has 0 aromatic carbocycles. The third-order valence-electron chi connectivity index (χ3n) is 3.80. The fourth-order valence-electron chi connectivity index (χ4n) is 3.00. The van der Waals surface area contributed by atoms with Crippen LogP contribution in [0.4, 0.5) is 0 Å². The van der Waals surface area contributed by atoms with E-state index < -0.39 is 0 Å². The van der Waals surface area contributed by atoms with Crippen LogP contribution in [0.3, 0.4) is 0 Å². The minimum atomic E-state index is 0.0571. The number of aryl methyl sites for hydroxylation is 1. The second kappa shape index (κ2) is 5.25. The van der Waals surface area contributed by atoms with Crippen molar-refractivity contribution in [2.24, 2.45) is 0 Å². The summed E-state index contributed by atoms with van der Waals surface area (Å²) in [4.78, 5) is 7.05. The zero-order chi connectivity index (χ0) is 12.4.